The minimum atomic E-state index is 0.480. The topological polar surface area (TPSA) is 12.0 Å². The first-order valence-corrected chi connectivity index (χ1v) is 7.95. The standard InChI is InChI=1S/C12H18ClNS2/c1-12(2)5-9(7-15-8-12)14-6-10-3-4-11(13)16-10/h3-4,9,14H,5-8H2,1-2H3. The van der Waals surface area contributed by atoms with Crippen LogP contribution in [0.2, 0.25) is 4.34 Å². The van der Waals surface area contributed by atoms with E-state index < -0.39 is 0 Å². The highest BCUT2D eigenvalue weighted by atomic mass is 35.5. The molecule has 16 heavy (non-hydrogen) atoms. The summed E-state index contributed by atoms with van der Waals surface area (Å²) in [5, 5.41) is 3.64. The van der Waals surface area contributed by atoms with Gasteiger partial charge < -0.3 is 5.32 Å². The van der Waals surface area contributed by atoms with E-state index in [-0.39, 0.29) is 0 Å². The molecule has 1 unspecified atom stereocenters. The zero-order valence-electron chi connectivity index (χ0n) is 9.75. The Bertz CT molecular complexity index is 349. The molecule has 1 nitrogen and oxygen atoms in total. The number of thioether (sulfide) groups is 1. The fourth-order valence-electron chi connectivity index (χ4n) is 2.09. The lowest BCUT2D eigenvalue weighted by Gasteiger charge is -2.35. The van der Waals surface area contributed by atoms with Gasteiger partial charge in [-0.3, -0.25) is 0 Å². The molecule has 0 spiro atoms. The van der Waals surface area contributed by atoms with Crippen LogP contribution in [-0.4, -0.2) is 17.5 Å². The predicted octanol–water partition coefficient (Wildman–Crippen LogP) is 4.02. The van der Waals surface area contributed by atoms with E-state index in [9.17, 15) is 0 Å². The summed E-state index contributed by atoms with van der Waals surface area (Å²) in [5.41, 5.74) is 0.480. The molecule has 1 fully saturated rings. The van der Waals surface area contributed by atoms with E-state index in [4.69, 9.17) is 11.6 Å². The summed E-state index contributed by atoms with van der Waals surface area (Å²) in [7, 11) is 0. The average Bonchev–Trinajstić information content (AvgIpc) is 2.60. The van der Waals surface area contributed by atoms with Crippen molar-refractivity contribution in [3.8, 4) is 0 Å². The smallest absolute Gasteiger partial charge is 0.0931 e. The molecule has 1 aromatic heterocycles. The molecule has 1 N–H and O–H groups in total. The third-order valence-electron chi connectivity index (χ3n) is 2.80. The summed E-state index contributed by atoms with van der Waals surface area (Å²) in [6, 6.07) is 4.74. The third-order valence-corrected chi connectivity index (χ3v) is 5.66. The summed E-state index contributed by atoms with van der Waals surface area (Å²) >= 11 is 9.65. The molecule has 0 saturated carbocycles. The zero-order chi connectivity index (χ0) is 11.6. The van der Waals surface area contributed by atoms with Crippen molar-refractivity contribution in [2.75, 3.05) is 11.5 Å². The van der Waals surface area contributed by atoms with E-state index in [2.05, 4.69) is 37.0 Å². The fraction of sp³-hybridized carbons (Fsp3) is 0.667. The lowest BCUT2D eigenvalue weighted by atomic mass is 9.88. The molecule has 0 bridgehead atoms. The lowest BCUT2D eigenvalue weighted by Crippen LogP contribution is -2.39. The molecular formula is C12H18ClNS2. The van der Waals surface area contributed by atoms with Crippen LogP contribution < -0.4 is 5.32 Å². The van der Waals surface area contributed by atoms with E-state index in [1.165, 1.54) is 22.8 Å². The lowest BCUT2D eigenvalue weighted by molar-refractivity contribution is 0.318. The first-order chi connectivity index (χ1) is 7.55. The van der Waals surface area contributed by atoms with Gasteiger partial charge in [-0.05, 0) is 29.7 Å². The third kappa shape index (κ3) is 3.66. The number of hydrogen-bond donors (Lipinski definition) is 1. The molecule has 1 aliphatic rings. The maximum Gasteiger partial charge on any atom is 0.0931 e. The SMILES string of the molecule is CC1(C)CSCC(NCc2ccc(Cl)s2)C1. The zero-order valence-corrected chi connectivity index (χ0v) is 12.1. The quantitative estimate of drug-likeness (QED) is 0.894. The Kier molecular flexibility index (Phi) is 4.22. The summed E-state index contributed by atoms with van der Waals surface area (Å²) in [6.45, 7) is 5.67. The molecule has 2 rings (SSSR count). The summed E-state index contributed by atoms with van der Waals surface area (Å²) in [5.74, 6) is 2.53. The van der Waals surface area contributed by atoms with Gasteiger partial charge in [-0.1, -0.05) is 25.4 Å². The Morgan fingerprint density at radius 3 is 2.94 bits per heavy atom. The van der Waals surface area contributed by atoms with Crippen molar-refractivity contribution in [2.24, 2.45) is 5.41 Å². The summed E-state index contributed by atoms with van der Waals surface area (Å²) in [4.78, 5) is 1.33. The van der Waals surface area contributed by atoms with E-state index in [0.717, 1.165) is 10.9 Å². The maximum atomic E-state index is 5.91. The van der Waals surface area contributed by atoms with E-state index in [0.29, 0.717) is 11.5 Å². The molecule has 0 amide bonds. The highest BCUT2D eigenvalue weighted by Gasteiger charge is 2.27. The number of nitrogens with one attached hydrogen (secondary N) is 1. The monoisotopic (exact) mass is 275 g/mol. The Morgan fingerprint density at radius 1 is 1.50 bits per heavy atom. The van der Waals surface area contributed by atoms with Crippen LogP contribution in [-0.2, 0) is 6.54 Å². The van der Waals surface area contributed by atoms with Crippen molar-refractivity contribution < 1.29 is 0 Å². The Hall–Kier alpha value is 0.300. The first kappa shape index (κ1) is 12.7. The normalized spacial score (nSPS) is 24.6. The molecule has 4 heteroatoms. The van der Waals surface area contributed by atoms with Gasteiger partial charge in [0.2, 0.25) is 0 Å². The predicted molar refractivity (Wildman–Crippen MR) is 75.7 cm³/mol. The van der Waals surface area contributed by atoms with Crippen LogP contribution in [0.3, 0.4) is 0 Å². The molecule has 1 aliphatic heterocycles. The molecule has 1 atom stereocenters. The van der Waals surface area contributed by atoms with Gasteiger partial charge >= 0.3 is 0 Å². The van der Waals surface area contributed by atoms with Crippen molar-refractivity contribution in [3.63, 3.8) is 0 Å². The second-order valence-electron chi connectivity index (χ2n) is 5.17. The molecular weight excluding hydrogens is 258 g/mol. The minimum absolute atomic E-state index is 0.480. The van der Waals surface area contributed by atoms with Crippen molar-refractivity contribution in [3.05, 3.63) is 21.3 Å². The van der Waals surface area contributed by atoms with Gasteiger partial charge in [0.05, 0.1) is 4.34 Å². The van der Waals surface area contributed by atoms with Crippen LogP contribution in [0.1, 0.15) is 25.1 Å². The van der Waals surface area contributed by atoms with Gasteiger partial charge in [0, 0.05) is 23.2 Å². The van der Waals surface area contributed by atoms with Crippen molar-refractivity contribution >= 4 is 34.7 Å². The van der Waals surface area contributed by atoms with Gasteiger partial charge in [0.1, 0.15) is 0 Å². The van der Waals surface area contributed by atoms with Crippen LogP contribution in [0.5, 0.6) is 0 Å². The Morgan fingerprint density at radius 2 is 2.31 bits per heavy atom. The number of hydrogen-bond acceptors (Lipinski definition) is 3. The Labute approximate surface area is 111 Å². The van der Waals surface area contributed by atoms with Crippen LogP contribution in [0.4, 0.5) is 0 Å². The second kappa shape index (κ2) is 5.30. The van der Waals surface area contributed by atoms with Crippen LogP contribution in [0, 0.1) is 5.41 Å². The number of thiophene rings is 1. The van der Waals surface area contributed by atoms with Crippen LogP contribution in [0.25, 0.3) is 0 Å². The highest BCUT2D eigenvalue weighted by molar-refractivity contribution is 7.99. The molecule has 90 valence electrons. The van der Waals surface area contributed by atoms with Gasteiger partial charge in [0.15, 0.2) is 0 Å². The molecule has 0 aromatic carbocycles. The van der Waals surface area contributed by atoms with Crippen LogP contribution in [0.15, 0.2) is 12.1 Å². The molecule has 1 saturated heterocycles. The van der Waals surface area contributed by atoms with Gasteiger partial charge in [-0.15, -0.1) is 11.3 Å². The second-order valence-corrected chi connectivity index (χ2v) is 8.00. The van der Waals surface area contributed by atoms with E-state index in [1.54, 1.807) is 11.3 Å². The number of halogens is 1. The van der Waals surface area contributed by atoms with Crippen molar-refractivity contribution in [1.82, 2.24) is 5.32 Å². The first-order valence-electron chi connectivity index (χ1n) is 5.60. The molecule has 1 aromatic rings. The fourth-order valence-corrected chi connectivity index (χ4v) is 4.43. The summed E-state index contributed by atoms with van der Waals surface area (Å²) < 4.78 is 0.884. The van der Waals surface area contributed by atoms with Crippen molar-refractivity contribution in [2.45, 2.75) is 32.9 Å². The highest BCUT2D eigenvalue weighted by Crippen LogP contribution is 2.33. The van der Waals surface area contributed by atoms with Crippen LogP contribution >= 0.6 is 34.7 Å². The Balaban J connectivity index is 1.82. The average molecular weight is 276 g/mol. The molecule has 0 radical (unpaired) electrons. The van der Waals surface area contributed by atoms with E-state index >= 15 is 0 Å². The summed E-state index contributed by atoms with van der Waals surface area (Å²) in [6.07, 6.45) is 1.28. The van der Waals surface area contributed by atoms with Crippen molar-refractivity contribution in [1.29, 1.82) is 0 Å². The largest absolute Gasteiger partial charge is 0.308 e. The molecule has 2 heterocycles. The minimum Gasteiger partial charge on any atom is -0.308 e. The number of rotatable bonds is 3. The molecule has 0 aliphatic carbocycles. The van der Waals surface area contributed by atoms with Gasteiger partial charge in [-0.25, -0.2) is 0 Å². The van der Waals surface area contributed by atoms with Gasteiger partial charge in [0.25, 0.3) is 0 Å². The maximum absolute atomic E-state index is 5.91. The van der Waals surface area contributed by atoms with E-state index in [1.807, 2.05) is 6.07 Å². The van der Waals surface area contributed by atoms with Gasteiger partial charge in [-0.2, -0.15) is 11.8 Å².